The fourth-order valence-electron chi connectivity index (χ4n) is 6.23. The first-order chi connectivity index (χ1) is 20.3. The van der Waals surface area contributed by atoms with Crippen molar-refractivity contribution in [1.29, 1.82) is 0 Å². The van der Waals surface area contributed by atoms with Gasteiger partial charge in [0.2, 0.25) is 0 Å². The van der Waals surface area contributed by atoms with Gasteiger partial charge in [-0.15, -0.1) is 0 Å². The molecule has 0 N–H and O–H groups in total. The first-order valence-electron chi connectivity index (χ1n) is 19.6. The molecule has 0 aliphatic rings. The predicted molar refractivity (Wildman–Crippen MR) is 187 cm³/mol. The van der Waals surface area contributed by atoms with Gasteiger partial charge < -0.3 is 4.74 Å². The van der Waals surface area contributed by atoms with E-state index in [4.69, 9.17) is 4.74 Å². The van der Waals surface area contributed by atoms with Gasteiger partial charge in [-0.05, 0) is 19.8 Å². The molecule has 0 atom stereocenters. The molecule has 0 radical (unpaired) electrons. The van der Waals surface area contributed by atoms with Crippen LogP contribution >= 0.6 is 0 Å². The van der Waals surface area contributed by atoms with Crippen molar-refractivity contribution in [2.45, 2.75) is 226 Å². The van der Waals surface area contributed by atoms with Crippen LogP contribution in [0.1, 0.15) is 226 Å². The Morgan fingerprint density at radius 2 is 0.512 bits per heavy atom. The predicted octanol–water partition coefficient (Wildman–Crippen LogP) is 13.8. The fourth-order valence-corrected chi connectivity index (χ4v) is 6.23. The Kier molecular flexibility index (Phi) is 37.9. The molecule has 0 unspecified atom stereocenters. The normalized spacial score (nSPS) is 11.7. The SMILES string of the molecule is CCCCCCCCCCCCCCCCCCN(CCCCCCCCCCCCCCCCCC)COCC. The summed E-state index contributed by atoms with van der Waals surface area (Å²) in [6.07, 6.45) is 46.3. The van der Waals surface area contributed by atoms with Crippen LogP contribution in [0.5, 0.6) is 0 Å². The van der Waals surface area contributed by atoms with Crippen LogP contribution in [0.15, 0.2) is 0 Å². The Hall–Kier alpha value is -0.0800. The average Bonchev–Trinajstić information content (AvgIpc) is 2.98. The third kappa shape index (κ3) is 36.0. The van der Waals surface area contributed by atoms with Crippen LogP contribution in [0.25, 0.3) is 0 Å². The summed E-state index contributed by atoms with van der Waals surface area (Å²) in [5, 5.41) is 0. The largest absolute Gasteiger partial charge is 0.366 e. The molecule has 0 aliphatic heterocycles. The van der Waals surface area contributed by atoms with Crippen molar-refractivity contribution < 1.29 is 4.74 Å². The first kappa shape index (κ1) is 40.9. The van der Waals surface area contributed by atoms with Crippen LogP contribution in [0, 0.1) is 0 Å². The van der Waals surface area contributed by atoms with Gasteiger partial charge in [0.1, 0.15) is 0 Å². The summed E-state index contributed by atoms with van der Waals surface area (Å²) in [5.74, 6) is 0. The Labute approximate surface area is 261 Å². The van der Waals surface area contributed by atoms with Crippen LogP contribution in [0.3, 0.4) is 0 Å². The highest BCUT2D eigenvalue weighted by Crippen LogP contribution is 2.15. The maximum atomic E-state index is 5.78. The van der Waals surface area contributed by atoms with E-state index < -0.39 is 0 Å². The Bertz CT molecular complexity index is 403. The second-order valence-corrected chi connectivity index (χ2v) is 13.3. The Balaban J connectivity index is 3.44. The van der Waals surface area contributed by atoms with Gasteiger partial charge in [-0.25, -0.2) is 0 Å². The Morgan fingerprint density at radius 1 is 0.293 bits per heavy atom. The molecular weight excluding hydrogens is 498 g/mol. The monoisotopic (exact) mass is 580 g/mol. The number of hydrogen-bond donors (Lipinski definition) is 0. The second-order valence-electron chi connectivity index (χ2n) is 13.3. The van der Waals surface area contributed by atoms with Crippen molar-refractivity contribution in [1.82, 2.24) is 4.90 Å². The van der Waals surface area contributed by atoms with Gasteiger partial charge >= 0.3 is 0 Å². The van der Waals surface area contributed by atoms with E-state index in [0.717, 1.165) is 13.3 Å². The van der Waals surface area contributed by atoms with Gasteiger partial charge in [-0.1, -0.05) is 206 Å². The van der Waals surface area contributed by atoms with E-state index in [2.05, 4.69) is 25.7 Å². The van der Waals surface area contributed by atoms with E-state index in [0.29, 0.717) is 0 Å². The summed E-state index contributed by atoms with van der Waals surface area (Å²) < 4.78 is 5.78. The molecule has 0 bridgehead atoms. The lowest BCUT2D eigenvalue weighted by molar-refractivity contribution is 0.0334. The highest BCUT2D eigenvalue weighted by atomic mass is 16.5. The number of rotatable bonds is 37. The van der Waals surface area contributed by atoms with Crippen molar-refractivity contribution in [2.75, 3.05) is 26.4 Å². The molecule has 248 valence electrons. The lowest BCUT2D eigenvalue weighted by atomic mass is 10.0. The summed E-state index contributed by atoms with van der Waals surface area (Å²) >= 11 is 0. The lowest BCUT2D eigenvalue weighted by Gasteiger charge is -2.22. The maximum absolute atomic E-state index is 5.78. The van der Waals surface area contributed by atoms with Crippen molar-refractivity contribution in [2.24, 2.45) is 0 Å². The third-order valence-corrected chi connectivity index (χ3v) is 9.13. The molecule has 0 amide bonds. The van der Waals surface area contributed by atoms with Crippen LogP contribution in [-0.4, -0.2) is 31.3 Å². The molecule has 41 heavy (non-hydrogen) atoms. The summed E-state index contributed by atoms with van der Waals surface area (Å²) in [6, 6.07) is 0. The summed E-state index contributed by atoms with van der Waals surface area (Å²) in [5.41, 5.74) is 0. The summed E-state index contributed by atoms with van der Waals surface area (Å²) in [4.78, 5) is 2.58. The molecule has 0 aromatic heterocycles. The summed E-state index contributed by atoms with van der Waals surface area (Å²) in [7, 11) is 0. The standard InChI is InChI=1S/C39H81NO/c1-4-7-9-11-13-15-17-19-21-23-25-27-29-31-33-35-37-40(39-41-6-3)38-36-34-32-30-28-26-24-22-20-18-16-14-12-10-8-5-2/h4-39H2,1-3H3. The molecule has 2 heteroatoms. The molecule has 0 spiro atoms. The summed E-state index contributed by atoms with van der Waals surface area (Å²) in [6.45, 7) is 10.9. The molecule has 0 aromatic carbocycles. The topological polar surface area (TPSA) is 12.5 Å². The minimum atomic E-state index is 0.841. The molecule has 0 saturated carbocycles. The highest BCUT2D eigenvalue weighted by Gasteiger charge is 2.05. The number of hydrogen-bond acceptors (Lipinski definition) is 2. The average molecular weight is 580 g/mol. The Morgan fingerprint density at radius 3 is 0.732 bits per heavy atom. The molecule has 0 aliphatic carbocycles. The van der Waals surface area contributed by atoms with Gasteiger partial charge in [0.15, 0.2) is 0 Å². The first-order valence-corrected chi connectivity index (χ1v) is 19.6. The lowest BCUT2D eigenvalue weighted by Crippen LogP contribution is -2.28. The highest BCUT2D eigenvalue weighted by molar-refractivity contribution is 4.57. The smallest absolute Gasteiger partial charge is 0.0990 e. The van der Waals surface area contributed by atoms with E-state index in [1.165, 1.54) is 219 Å². The van der Waals surface area contributed by atoms with E-state index in [9.17, 15) is 0 Å². The van der Waals surface area contributed by atoms with E-state index in [-0.39, 0.29) is 0 Å². The number of ether oxygens (including phenoxy) is 1. The van der Waals surface area contributed by atoms with Crippen LogP contribution in [0.4, 0.5) is 0 Å². The maximum Gasteiger partial charge on any atom is 0.0990 e. The van der Waals surface area contributed by atoms with Crippen molar-refractivity contribution >= 4 is 0 Å². The van der Waals surface area contributed by atoms with Crippen molar-refractivity contribution in [3.05, 3.63) is 0 Å². The minimum Gasteiger partial charge on any atom is -0.366 e. The minimum absolute atomic E-state index is 0.841. The van der Waals surface area contributed by atoms with E-state index >= 15 is 0 Å². The van der Waals surface area contributed by atoms with Gasteiger partial charge in [-0.3, -0.25) is 4.90 Å². The van der Waals surface area contributed by atoms with Crippen LogP contribution in [0.2, 0.25) is 0 Å². The molecule has 0 fully saturated rings. The van der Waals surface area contributed by atoms with Crippen molar-refractivity contribution in [3.63, 3.8) is 0 Å². The fraction of sp³-hybridized carbons (Fsp3) is 1.00. The molecule has 2 nitrogen and oxygen atoms in total. The van der Waals surface area contributed by atoms with Crippen molar-refractivity contribution in [3.8, 4) is 0 Å². The zero-order valence-electron chi connectivity index (χ0n) is 29.3. The molecule has 0 rings (SSSR count). The van der Waals surface area contributed by atoms with E-state index in [1.54, 1.807) is 0 Å². The van der Waals surface area contributed by atoms with Crippen LogP contribution < -0.4 is 0 Å². The van der Waals surface area contributed by atoms with Crippen LogP contribution in [-0.2, 0) is 4.74 Å². The van der Waals surface area contributed by atoms with Gasteiger partial charge in [0.05, 0.1) is 6.73 Å². The zero-order chi connectivity index (χ0) is 29.7. The quantitative estimate of drug-likeness (QED) is 0.0536. The molecule has 0 aromatic rings. The zero-order valence-corrected chi connectivity index (χ0v) is 29.3. The van der Waals surface area contributed by atoms with Gasteiger partial charge in [0.25, 0.3) is 0 Å². The molecular formula is C39H81NO. The number of nitrogens with zero attached hydrogens (tertiary/aromatic N) is 1. The van der Waals surface area contributed by atoms with Gasteiger partial charge in [0, 0.05) is 19.7 Å². The second kappa shape index (κ2) is 37.9. The molecule has 0 saturated heterocycles. The number of unbranched alkanes of at least 4 members (excludes halogenated alkanes) is 30. The third-order valence-electron chi connectivity index (χ3n) is 9.13. The van der Waals surface area contributed by atoms with E-state index in [1.807, 2.05) is 0 Å². The molecule has 0 heterocycles. The van der Waals surface area contributed by atoms with Gasteiger partial charge in [-0.2, -0.15) is 0 Å².